The molecule has 2 atom stereocenters. The average molecular weight is 563 g/mol. The van der Waals surface area contributed by atoms with Gasteiger partial charge in [0.15, 0.2) is 0 Å². The number of rotatable bonds is 7. The number of anilines is 2. The largest absolute Gasteiger partial charge is 0.495 e. The molecule has 1 saturated heterocycles. The minimum absolute atomic E-state index is 0.179. The lowest BCUT2D eigenvalue weighted by Crippen LogP contribution is -2.36. The van der Waals surface area contributed by atoms with Gasteiger partial charge in [-0.2, -0.15) is 0 Å². The van der Waals surface area contributed by atoms with Crippen molar-refractivity contribution in [1.82, 2.24) is 8.87 Å². The monoisotopic (exact) mass is 562 g/mol. The van der Waals surface area contributed by atoms with E-state index in [1.165, 1.54) is 42.1 Å². The Balaban J connectivity index is 1.55. The second-order valence-electron chi connectivity index (χ2n) is 8.69. The van der Waals surface area contributed by atoms with Gasteiger partial charge in [-0.25, -0.2) is 17.1 Å². The molecule has 10 nitrogen and oxygen atoms in total. The van der Waals surface area contributed by atoms with Crippen LogP contribution in [0.2, 0.25) is 5.02 Å². The van der Waals surface area contributed by atoms with Crippen LogP contribution in [0.1, 0.15) is 0 Å². The summed E-state index contributed by atoms with van der Waals surface area (Å²) in [6.45, 7) is -0.490. The van der Waals surface area contributed by atoms with Crippen LogP contribution in [0, 0.1) is 17.7 Å². The number of hydrogen-bond donors (Lipinski definition) is 2. The molecule has 1 aliphatic rings. The smallest absolute Gasteiger partial charge is 0.255 e. The van der Waals surface area contributed by atoms with Crippen molar-refractivity contribution in [1.29, 1.82) is 0 Å². The molecule has 3 aromatic rings. The van der Waals surface area contributed by atoms with Crippen LogP contribution >= 0.6 is 11.6 Å². The summed E-state index contributed by atoms with van der Waals surface area (Å²) in [4.78, 5) is 38.3. The summed E-state index contributed by atoms with van der Waals surface area (Å²) in [5, 5.41) is 5.35. The number of halogens is 2. The molecule has 4 rings (SSSR count). The number of amides is 2. The van der Waals surface area contributed by atoms with E-state index >= 15 is 0 Å². The van der Waals surface area contributed by atoms with E-state index in [0.717, 1.165) is 16.6 Å². The lowest BCUT2D eigenvalue weighted by molar-refractivity contribution is -0.127. The van der Waals surface area contributed by atoms with Gasteiger partial charge in [-0.15, -0.1) is 0 Å². The minimum atomic E-state index is -3.72. The number of carbonyl (C=O) groups is 2. The normalized spacial score (nSPS) is 17.7. The Kier molecular flexibility index (Phi) is 7.86. The molecule has 2 aromatic carbocycles. The van der Waals surface area contributed by atoms with E-state index in [2.05, 4.69) is 10.6 Å². The number of carbonyl (C=O) groups excluding carboxylic acids is 2. The third-order valence-electron chi connectivity index (χ3n) is 6.16. The summed E-state index contributed by atoms with van der Waals surface area (Å²) in [6, 6.07) is 12.9. The molecule has 0 unspecified atom stereocenters. The molecule has 1 aliphatic heterocycles. The Bertz CT molecular complexity index is 1560. The van der Waals surface area contributed by atoms with Crippen molar-refractivity contribution < 1.29 is 27.1 Å². The molecule has 13 heteroatoms. The number of nitrogens with zero attached hydrogens (tertiary/aromatic N) is 2. The van der Waals surface area contributed by atoms with E-state index in [1.807, 2.05) is 0 Å². The standard InChI is InChI=1S/C25H24ClFN4O6S/c1-37-22-9-6-15(11-19(22)26)28-24(33)17-13-30(38(2,35)36)14-18(17)25(34)29-21-8-7-16(12-20(21)27)31-10-4-3-5-23(31)32/h3-12,17-18H,13-14H2,1-2H3,(H,28,33)(H,29,34)/t17-,18-/m0/s1. The third-order valence-corrected chi connectivity index (χ3v) is 7.69. The minimum Gasteiger partial charge on any atom is -0.495 e. The summed E-state index contributed by atoms with van der Waals surface area (Å²) in [6.07, 6.45) is 2.46. The van der Waals surface area contributed by atoms with Crippen LogP contribution in [-0.2, 0) is 19.6 Å². The number of ether oxygens (including phenoxy) is 1. The van der Waals surface area contributed by atoms with E-state index in [9.17, 15) is 27.2 Å². The quantitative estimate of drug-likeness (QED) is 0.456. The van der Waals surface area contributed by atoms with Crippen molar-refractivity contribution in [3.05, 3.63) is 82.0 Å². The number of methoxy groups -OCH3 is 1. The van der Waals surface area contributed by atoms with Crippen LogP contribution < -0.4 is 20.9 Å². The molecule has 0 bridgehead atoms. The molecule has 2 amide bonds. The van der Waals surface area contributed by atoms with Crippen molar-refractivity contribution in [2.45, 2.75) is 0 Å². The molecule has 1 fully saturated rings. The summed E-state index contributed by atoms with van der Waals surface area (Å²) < 4.78 is 46.6. The molecular formula is C25H24ClFN4O6S. The van der Waals surface area contributed by atoms with Crippen molar-refractivity contribution in [2.24, 2.45) is 11.8 Å². The van der Waals surface area contributed by atoms with Gasteiger partial charge >= 0.3 is 0 Å². The summed E-state index contributed by atoms with van der Waals surface area (Å²) in [7, 11) is -2.27. The second kappa shape index (κ2) is 10.9. The molecule has 1 aromatic heterocycles. The first-order valence-electron chi connectivity index (χ1n) is 11.4. The lowest BCUT2D eigenvalue weighted by atomic mass is 9.94. The molecule has 0 spiro atoms. The first kappa shape index (κ1) is 27.3. The fraction of sp³-hybridized carbons (Fsp3) is 0.240. The number of aromatic nitrogens is 1. The van der Waals surface area contributed by atoms with Crippen LogP contribution in [0.5, 0.6) is 5.75 Å². The lowest BCUT2D eigenvalue weighted by Gasteiger charge is -2.18. The summed E-state index contributed by atoms with van der Waals surface area (Å²) in [5.74, 6) is -3.90. The number of sulfonamides is 1. The van der Waals surface area contributed by atoms with Crippen molar-refractivity contribution >= 4 is 44.8 Å². The van der Waals surface area contributed by atoms with Gasteiger partial charge in [0.05, 0.1) is 41.6 Å². The predicted molar refractivity (Wildman–Crippen MR) is 141 cm³/mol. The average Bonchev–Trinajstić information content (AvgIpc) is 3.32. The molecule has 38 heavy (non-hydrogen) atoms. The van der Waals surface area contributed by atoms with Gasteiger partial charge in [-0.3, -0.25) is 19.0 Å². The van der Waals surface area contributed by atoms with E-state index in [4.69, 9.17) is 16.3 Å². The van der Waals surface area contributed by atoms with Crippen molar-refractivity contribution in [3.63, 3.8) is 0 Å². The number of hydrogen-bond acceptors (Lipinski definition) is 6. The second-order valence-corrected chi connectivity index (χ2v) is 11.1. The maximum atomic E-state index is 14.9. The fourth-order valence-corrected chi connectivity index (χ4v) is 5.29. The van der Waals surface area contributed by atoms with Crippen LogP contribution in [0.3, 0.4) is 0 Å². The van der Waals surface area contributed by atoms with Gasteiger partial charge < -0.3 is 15.4 Å². The topological polar surface area (TPSA) is 127 Å². The fourth-order valence-electron chi connectivity index (χ4n) is 4.17. The van der Waals surface area contributed by atoms with Crippen LogP contribution in [0.25, 0.3) is 5.69 Å². The van der Waals surface area contributed by atoms with Crippen LogP contribution in [0.15, 0.2) is 65.6 Å². The highest BCUT2D eigenvalue weighted by atomic mass is 35.5. The molecule has 0 aliphatic carbocycles. The molecule has 200 valence electrons. The summed E-state index contributed by atoms with van der Waals surface area (Å²) in [5.41, 5.74) is 0.0466. The van der Waals surface area contributed by atoms with Gasteiger partial charge in [0, 0.05) is 37.1 Å². The Morgan fingerprint density at radius 3 is 2.29 bits per heavy atom. The van der Waals surface area contributed by atoms with E-state index < -0.39 is 39.5 Å². The molecule has 0 radical (unpaired) electrons. The van der Waals surface area contributed by atoms with E-state index in [1.54, 1.807) is 24.3 Å². The van der Waals surface area contributed by atoms with Crippen molar-refractivity contribution in [2.75, 3.05) is 37.1 Å². The zero-order valence-corrected chi connectivity index (χ0v) is 21.9. The van der Waals surface area contributed by atoms with E-state index in [0.29, 0.717) is 11.4 Å². The maximum Gasteiger partial charge on any atom is 0.255 e. The highest BCUT2D eigenvalue weighted by molar-refractivity contribution is 7.88. The molecular weight excluding hydrogens is 539 g/mol. The van der Waals surface area contributed by atoms with Crippen molar-refractivity contribution in [3.8, 4) is 11.4 Å². The highest BCUT2D eigenvalue weighted by Gasteiger charge is 2.45. The first-order chi connectivity index (χ1) is 18.0. The number of pyridine rings is 1. The van der Waals surface area contributed by atoms with Gasteiger partial charge in [-0.1, -0.05) is 17.7 Å². The van der Waals surface area contributed by atoms with Gasteiger partial charge in [0.1, 0.15) is 11.6 Å². The Morgan fingerprint density at radius 2 is 1.71 bits per heavy atom. The summed E-state index contributed by atoms with van der Waals surface area (Å²) >= 11 is 6.12. The SMILES string of the molecule is COc1ccc(NC(=O)[C@H]2CN(S(C)(=O)=O)C[C@@H]2C(=O)Nc2ccc(-n3ccccc3=O)cc2F)cc1Cl. The highest BCUT2D eigenvalue weighted by Crippen LogP contribution is 2.31. The van der Waals surface area contributed by atoms with Crippen LogP contribution in [0.4, 0.5) is 15.8 Å². The van der Waals surface area contributed by atoms with E-state index in [-0.39, 0.29) is 35.0 Å². The Hall–Kier alpha value is -3.74. The van der Waals surface area contributed by atoms with Gasteiger partial charge in [-0.05, 0) is 36.4 Å². The predicted octanol–water partition coefficient (Wildman–Crippen LogP) is 2.72. The third kappa shape index (κ3) is 5.87. The van der Waals surface area contributed by atoms with Gasteiger partial charge in [0.25, 0.3) is 5.56 Å². The number of benzene rings is 2. The number of nitrogens with one attached hydrogen (secondary N) is 2. The van der Waals surface area contributed by atoms with Gasteiger partial charge in [0.2, 0.25) is 21.8 Å². The zero-order chi connectivity index (χ0) is 27.6. The van der Waals surface area contributed by atoms with Crippen LogP contribution in [-0.4, -0.2) is 55.6 Å². The molecule has 0 saturated carbocycles. The Morgan fingerprint density at radius 1 is 1.03 bits per heavy atom. The molecule has 2 N–H and O–H groups in total. The first-order valence-corrected chi connectivity index (χ1v) is 13.6. The molecule has 2 heterocycles. The zero-order valence-electron chi connectivity index (χ0n) is 20.4. The maximum absolute atomic E-state index is 14.9. The Labute approximate surface area is 223 Å².